The van der Waals surface area contributed by atoms with Crippen molar-refractivity contribution in [2.45, 2.75) is 56.9 Å². The van der Waals surface area contributed by atoms with Gasteiger partial charge in [-0.2, -0.15) is 0 Å². The van der Waals surface area contributed by atoms with Crippen molar-refractivity contribution in [1.29, 1.82) is 0 Å². The Kier molecular flexibility index (Phi) is 11.8. The lowest BCUT2D eigenvalue weighted by Gasteiger charge is -2.52. The molecule has 6 rings (SSSR count). The second-order valence-corrected chi connectivity index (χ2v) is 14.5. The highest BCUT2D eigenvalue weighted by Gasteiger charge is 2.53. The summed E-state index contributed by atoms with van der Waals surface area (Å²) >= 11 is 13.6. The highest BCUT2D eigenvalue weighted by molar-refractivity contribution is 6.36. The lowest BCUT2D eigenvalue weighted by atomic mass is 9.87. The van der Waals surface area contributed by atoms with E-state index < -0.39 is 17.7 Å². The van der Waals surface area contributed by atoms with Crippen molar-refractivity contribution >= 4 is 57.5 Å². The van der Waals surface area contributed by atoms with Crippen LogP contribution in [0.4, 0.5) is 5.69 Å². The van der Waals surface area contributed by atoms with Crippen molar-refractivity contribution in [2.24, 2.45) is 13.0 Å². The van der Waals surface area contributed by atoms with Crippen molar-refractivity contribution < 1.29 is 29.0 Å². The van der Waals surface area contributed by atoms with Crippen LogP contribution in [0.3, 0.4) is 0 Å². The number of ketones is 1. The number of likely N-dealkylation sites (tertiary alicyclic amines) is 1. The molecule has 2 N–H and O–H groups in total. The van der Waals surface area contributed by atoms with Crippen molar-refractivity contribution in [3.63, 3.8) is 0 Å². The van der Waals surface area contributed by atoms with E-state index in [1.54, 1.807) is 25.4 Å². The summed E-state index contributed by atoms with van der Waals surface area (Å²) in [7, 11) is 3.59. The van der Waals surface area contributed by atoms with Crippen LogP contribution < -0.4 is 5.32 Å². The molecule has 2 saturated heterocycles. The van der Waals surface area contributed by atoms with Gasteiger partial charge >= 0.3 is 5.97 Å². The van der Waals surface area contributed by atoms with Gasteiger partial charge in [0.2, 0.25) is 5.85 Å². The fourth-order valence-electron chi connectivity index (χ4n) is 7.76. The normalized spacial score (nSPS) is 22.1. The average molecular weight is 729 g/mol. The molecule has 1 aromatic heterocycles. The summed E-state index contributed by atoms with van der Waals surface area (Å²) in [5, 5.41) is 13.9. The van der Waals surface area contributed by atoms with Crippen molar-refractivity contribution in [2.75, 3.05) is 64.8 Å². The van der Waals surface area contributed by atoms with Crippen molar-refractivity contribution in [1.82, 2.24) is 19.3 Å². The summed E-state index contributed by atoms with van der Waals surface area (Å²) in [6.45, 7) is 5.66. The number of anilines is 1. The van der Waals surface area contributed by atoms with Gasteiger partial charge in [-0.1, -0.05) is 41.4 Å². The number of benzene rings is 2. The zero-order chi connectivity index (χ0) is 35.4. The molecule has 2 aromatic carbocycles. The van der Waals surface area contributed by atoms with E-state index in [1.165, 1.54) is 0 Å². The second-order valence-electron chi connectivity index (χ2n) is 13.7. The van der Waals surface area contributed by atoms with E-state index in [0.717, 1.165) is 43.4 Å². The fourth-order valence-corrected chi connectivity index (χ4v) is 8.23. The molecular weight excluding hydrogens is 681 g/mol. The van der Waals surface area contributed by atoms with E-state index in [1.807, 2.05) is 35.9 Å². The number of carbonyl (C=O) groups is 3. The third-order valence-corrected chi connectivity index (χ3v) is 11.2. The zero-order valence-corrected chi connectivity index (χ0v) is 30.3. The molecular formula is C37H47Cl2N5O6. The molecule has 1 atom stereocenters. The van der Waals surface area contributed by atoms with Crippen LogP contribution in [0.2, 0.25) is 10.0 Å². The Labute approximate surface area is 303 Å². The molecule has 2 aliphatic heterocycles. The number of piperazine rings is 1. The van der Waals surface area contributed by atoms with Gasteiger partial charge in [-0.3, -0.25) is 29.1 Å². The number of hydrogen-bond acceptors (Lipinski definition) is 8. The van der Waals surface area contributed by atoms with Gasteiger partial charge in [0.25, 0.3) is 5.91 Å². The van der Waals surface area contributed by atoms with Crippen LogP contribution in [0.25, 0.3) is 10.9 Å². The van der Waals surface area contributed by atoms with Crippen molar-refractivity contribution in [3.8, 4) is 0 Å². The monoisotopic (exact) mass is 727 g/mol. The molecule has 50 heavy (non-hydrogen) atoms. The number of methoxy groups -OCH3 is 1. The Hall–Kier alpha value is -3.03. The largest absolute Gasteiger partial charge is 0.481 e. The molecule has 3 heterocycles. The first-order chi connectivity index (χ1) is 24.1. The number of halogens is 2. The van der Waals surface area contributed by atoms with Gasteiger partial charge in [0.1, 0.15) is 0 Å². The molecule has 13 heteroatoms. The molecule has 3 aromatic rings. The Morgan fingerprint density at radius 1 is 0.940 bits per heavy atom. The predicted octanol–water partition coefficient (Wildman–Crippen LogP) is 5.52. The van der Waals surface area contributed by atoms with E-state index in [4.69, 9.17) is 32.7 Å². The van der Waals surface area contributed by atoms with E-state index in [2.05, 4.69) is 20.0 Å². The SMILES string of the molecule is COCCN1CCN(C(O[C@H]2CC[C@H](C(=O)O)CC2)(C(=O)Cc2cc(Cl)c(NC(=O)c3cn(C)c4ccccc34)cc2Cl)N2CCCC2)CC1. The van der Waals surface area contributed by atoms with Crippen LogP contribution in [0.15, 0.2) is 42.6 Å². The van der Waals surface area contributed by atoms with Gasteiger partial charge in [0.15, 0.2) is 5.78 Å². The molecule has 1 amide bonds. The van der Waals surface area contributed by atoms with Crippen LogP contribution in [0.5, 0.6) is 0 Å². The zero-order valence-electron chi connectivity index (χ0n) is 28.8. The maximum absolute atomic E-state index is 14.9. The number of nitrogens with zero attached hydrogens (tertiary/aromatic N) is 4. The molecule has 0 spiro atoms. The molecule has 3 fully saturated rings. The Bertz CT molecular complexity index is 1690. The first-order valence-electron chi connectivity index (χ1n) is 17.6. The topological polar surface area (TPSA) is 117 Å². The van der Waals surface area contributed by atoms with Gasteiger partial charge in [-0.15, -0.1) is 0 Å². The number of aliphatic carboxylic acids is 1. The van der Waals surface area contributed by atoms with E-state index in [9.17, 15) is 19.5 Å². The summed E-state index contributed by atoms with van der Waals surface area (Å²) in [6.07, 6.45) is 5.59. The number of para-hydroxylation sites is 1. The van der Waals surface area contributed by atoms with Crippen LogP contribution in [-0.2, 0) is 32.5 Å². The highest BCUT2D eigenvalue weighted by atomic mass is 35.5. The second kappa shape index (κ2) is 16.1. The number of amides is 1. The van der Waals surface area contributed by atoms with Crippen LogP contribution in [-0.4, -0.2) is 114 Å². The summed E-state index contributed by atoms with van der Waals surface area (Å²) < 4.78 is 14.3. The first-order valence-corrected chi connectivity index (χ1v) is 18.3. The summed E-state index contributed by atoms with van der Waals surface area (Å²) in [4.78, 5) is 46.8. The third kappa shape index (κ3) is 7.74. The maximum Gasteiger partial charge on any atom is 0.306 e. The number of fused-ring (bicyclic) bond motifs is 1. The highest BCUT2D eigenvalue weighted by Crippen LogP contribution is 2.38. The fraction of sp³-hybridized carbons (Fsp3) is 0.541. The molecule has 270 valence electrons. The number of ether oxygens (including phenoxy) is 2. The predicted molar refractivity (Wildman–Crippen MR) is 194 cm³/mol. The molecule has 1 aliphatic carbocycles. The number of carbonyl (C=O) groups excluding carboxylic acids is 2. The molecule has 0 bridgehead atoms. The summed E-state index contributed by atoms with van der Waals surface area (Å²) in [5.74, 6) is -2.94. The smallest absolute Gasteiger partial charge is 0.306 e. The number of carboxylic acid groups (broad SMARTS) is 1. The lowest BCUT2D eigenvalue weighted by Crippen LogP contribution is -2.70. The number of aryl methyl sites for hydroxylation is 1. The molecule has 1 saturated carbocycles. The van der Waals surface area contributed by atoms with Gasteiger partial charge in [-0.25, -0.2) is 0 Å². The first kappa shape index (κ1) is 36.8. The van der Waals surface area contributed by atoms with Gasteiger partial charge in [0.05, 0.1) is 34.9 Å². The average Bonchev–Trinajstić information content (AvgIpc) is 3.78. The quantitative estimate of drug-likeness (QED) is 0.235. The minimum absolute atomic E-state index is 0.0268. The Morgan fingerprint density at radius 3 is 2.30 bits per heavy atom. The molecule has 1 unspecified atom stereocenters. The van der Waals surface area contributed by atoms with Gasteiger partial charge in [-0.05, 0) is 62.3 Å². The van der Waals surface area contributed by atoms with Crippen LogP contribution in [0.1, 0.15) is 54.4 Å². The summed E-state index contributed by atoms with van der Waals surface area (Å²) in [5.41, 5.74) is 2.35. The van der Waals surface area contributed by atoms with Crippen molar-refractivity contribution in [3.05, 3.63) is 63.8 Å². The van der Waals surface area contributed by atoms with E-state index in [0.29, 0.717) is 80.3 Å². The van der Waals surface area contributed by atoms with E-state index >= 15 is 0 Å². The number of carboxylic acids is 1. The maximum atomic E-state index is 14.9. The molecule has 3 aliphatic rings. The van der Waals surface area contributed by atoms with Crippen LogP contribution in [0, 0.1) is 5.92 Å². The van der Waals surface area contributed by atoms with Crippen LogP contribution >= 0.6 is 23.2 Å². The van der Waals surface area contributed by atoms with Gasteiger partial charge < -0.3 is 24.5 Å². The number of hydrogen-bond donors (Lipinski definition) is 2. The number of aromatic nitrogens is 1. The lowest BCUT2D eigenvalue weighted by molar-refractivity contribution is -0.260. The standard InChI is InChI=1S/C37H47Cl2N5O6/c1-41-24-29(28-7-3-4-8-33(28)41)35(46)40-32-23-30(38)26(21-31(32)39)22-34(45)37(43-13-5-6-14-43,44-17-15-42(16-18-44)19-20-49-2)50-27-11-9-25(10-12-27)36(47)48/h3-4,7-8,21,23-25,27H,5-6,9-20,22H2,1-2H3,(H,40,46)(H,47,48)/t25-,27-,37?. The van der Waals surface area contributed by atoms with Gasteiger partial charge in [0, 0.05) is 88.5 Å². The molecule has 11 nitrogen and oxygen atoms in total. The summed E-state index contributed by atoms with van der Waals surface area (Å²) in [6, 6.07) is 10.9. The number of Topliss-reactive ketones (excluding diaryl/α,β-unsaturated/α-hetero) is 1. The minimum atomic E-state index is -1.33. The number of rotatable bonds is 13. The Morgan fingerprint density at radius 2 is 1.62 bits per heavy atom. The number of nitrogens with one attached hydrogen (secondary N) is 1. The Balaban J connectivity index is 1.26. The minimum Gasteiger partial charge on any atom is -0.481 e. The third-order valence-electron chi connectivity index (χ3n) is 10.5. The van der Waals surface area contributed by atoms with E-state index in [-0.39, 0.29) is 29.2 Å². The molecule has 0 radical (unpaired) electrons.